The number of para-hydroxylation sites is 1. The van der Waals surface area contributed by atoms with Gasteiger partial charge in [0.25, 0.3) is 0 Å². The molecule has 1 aliphatic rings. The lowest BCUT2D eigenvalue weighted by Crippen LogP contribution is -2.22. The second-order valence-corrected chi connectivity index (χ2v) is 4.62. The number of Topliss-reactive ketones (excluding diaryl/α,β-unsaturated/α-hetero) is 1. The maximum Gasteiger partial charge on any atom is 0.149 e. The molecule has 0 N–H and O–H groups in total. The van der Waals surface area contributed by atoms with Crippen molar-refractivity contribution < 1.29 is 8.98 Å². The van der Waals surface area contributed by atoms with Crippen LogP contribution in [0.4, 0.5) is 0 Å². The van der Waals surface area contributed by atoms with E-state index in [-0.39, 0.29) is 5.25 Å². The van der Waals surface area contributed by atoms with Crippen molar-refractivity contribution in [3.05, 3.63) is 30.3 Å². The van der Waals surface area contributed by atoms with Crippen LogP contribution < -0.4 is 4.18 Å². The van der Waals surface area contributed by atoms with Gasteiger partial charge in [0.1, 0.15) is 16.8 Å². The number of carbonyl (C=O) groups excluding carboxylic acids is 1. The topological polar surface area (TPSA) is 26.3 Å². The first kappa shape index (κ1) is 10.6. The fourth-order valence-corrected chi connectivity index (χ4v) is 2.47. The van der Waals surface area contributed by atoms with Crippen molar-refractivity contribution in [1.29, 1.82) is 0 Å². The normalized spacial score (nSPS) is 21.3. The molecule has 1 aromatic rings. The van der Waals surface area contributed by atoms with Crippen molar-refractivity contribution in [2.24, 2.45) is 0 Å². The molecule has 0 spiro atoms. The molecule has 2 rings (SSSR count). The third-order valence-corrected chi connectivity index (χ3v) is 3.52. The molecule has 0 heterocycles. The van der Waals surface area contributed by atoms with Gasteiger partial charge >= 0.3 is 0 Å². The minimum atomic E-state index is 0.0407. The Hall–Kier alpha value is -0.960. The molecule has 3 heteroatoms. The largest absolute Gasteiger partial charge is 0.425 e. The van der Waals surface area contributed by atoms with Gasteiger partial charge in [-0.3, -0.25) is 4.79 Å². The predicted molar refractivity (Wildman–Crippen MR) is 61.9 cm³/mol. The summed E-state index contributed by atoms with van der Waals surface area (Å²) in [4.78, 5) is 11.5. The minimum Gasteiger partial charge on any atom is -0.425 e. The first-order chi connectivity index (χ1) is 7.36. The molecule has 0 radical (unpaired) electrons. The lowest BCUT2D eigenvalue weighted by atomic mass is 9.99. The maximum absolute atomic E-state index is 11.5. The lowest BCUT2D eigenvalue weighted by molar-refractivity contribution is -0.119. The Morgan fingerprint density at radius 3 is 2.73 bits per heavy atom. The quantitative estimate of drug-likeness (QED) is 0.734. The molecular formula is C12H14O2S. The summed E-state index contributed by atoms with van der Waals surface area (Å²) in [6.45, 7) is 0. The van der Waals surface area contributed by atoms with E-state index in [0.717, 1.165) is 31.4 Å². The summed E-state index contributed by atoms with van der Waals surface area (Å²) in [6.07, 6.45) is 3.86. The molecule has 1 aromatic carbocycles. The highest BCUT2D eigenvalue weighted by atomic mass is 32.2. The van der Waals surface area contributed by atoms with Crippen LogP contribution in [0.5, 0.6) is 5.75 Å². The second kappa shape index (κ2) is 5.21. The van der Waals surface area contributed by atoms with E-state index in [9.17, 15) is 4.79 Å². The van der Waals surface area contributed by atoms with Crippen LogP contribution in [0.15, 0.2) is 30.3 Å². The van der Waals surface area contributed by atoms with Crippen LogP contribution in [0.2, 0.25) is 0 Å². The highest BCUT2D eigenvalue weighted by Gasteiger charge is 2.23. The van der Waals surface area contributed by atoms with Gasteiger partial charge in [-0.25, -0.2) is 0 Å². The zero-order chi connectivity index (χ0) is 10.5. The zero-order valence-electron chi connectivity index (χ0n) is 8.52. The predicted octanol–water partition coefficient (Wildman–Crippen LogP) is 3.23. The van der Waals surface area contributed by atoms with Crippen molar-refractivity contribution in [1.82, 2.24) is 0 Å². The Morgan fingerprint density at radius 2 is 2.00 bits per heavy atom. The van der Waals surface area contributed by atoms with Crippen LogP contribution in [-0.2, 0) is 4.79 Å². The molecule has 80 valence electrons. The minimum absolute atomic E-state index is 0.0407. The molecule has 1 atom stereocenters. The molecule has 1 saturated carbocycles. The van der Waals surface area contributed by atoms with E-state index in [1.165, 1.54) is 12.0 Å². The summed E-state index contributed by atoms with van der Waals surface area (Å²) in [5.41, 5.74) is 0. The third-order valence-electron chi connectivity index (χ3n) is 2.50. The molecule has 1 unspecified atom stereocenters. The van der Waals surface area contributed by atoms with Crippen LogP contribution in [0.3, 0.4) is 0 Å². The Kier molecular flexibility index (Phi) is 3.67. The number of hydrogen-bond acceptors (Lipinski definition) is 3. The maximum atomic E-state index is 11.5. The van der Waals surface area contributed by atoms with E-state index >= 15 is 0 Å². The van der Waals surface area contributed by atoms with E-state index in [1.54, 1.807) is 0 Å². The van der Waals surface area contributed by atoms with Crippen molar-refractivity contribution in [3.8, 4) is 5.75 Å². The van der Waals surface area contributed by atoms with Crippen molar-refractivity contribution >= 4 is 17.8 Å². The van der Waals surface area contributed by atoms with Crippen molar-refractivity contribution in [2.75, 3.05) is 0 Å². The Labute approximate surface area is 94.2 Å². The van der Waals surface area contributed by atoms with E-state index in [2.05, 4.69) is 0 Å². The lowest BCUT2D eigenvalue weighted by Gasteiger charge is -2.18. The average Bonchev–Trinajstić information content (AvgIpc) is 2.29. The zero-order valence-corrected chi connectivity index (χ0v) is 9.33. The molecule has 0 aliphatic heterocycles. The SMILES string of the molecule is O=C1CCCCC1SOc1ccccc1. The standard InChI is InChI=1S/C12H14O2S/c13-11-8-4-5-9-12(11)15-14-10-6-2-1-3-7-10/h1-3,6-7,12H,4-5,8-9H2. The average molecular weight is 222 g/mol. The van der Waals surface area contributed by atoms with Gasteiger partial charge < -0.3 is 4.18 Å². The molecule has 0 saturated heterocycles. The number of ketones is 1. The smallest absolute Gasteiger partial charge is 0.149 e. The van der Waals surface area contributed by atoms with Gasteiger partial charge in [0.05, 0.1) is 12.0 Å². The third kappa shape index (κ3) is 2.99. The van der Waals surface area contributed by atoms with Crippen molar-refractivity contribution in [2.45, 2.75) is 30.9 Å². The monoisotopic (exact) mass is 222 g/mol. The number of rotatable bonds is 3. The molecule has 15 heavy (non-hydrogen) atoms. The van der Waals surface area contributed by atoms with Crippen molar-refractivity contribution in [3.63, 3.8) is 0 Å². The van der Waals surface area contributed by atoms with Crippen LogP contribution in [0.1, 0.15) is 25.7 Å². The van der Waals surface area contributed by atoms with Gasteiger partial charge in [-0.2, -0.15) is 0 Å². The first-order valence-electron chi connectivity index (χ1n) is 5.27. The Balaban J connectivity index is 1.85. The first-order valence-corrected chi connectivity index (χ1v) is 6.08. The van der Waals surface area contributed by atoms with Gasteiger partial charge in [-0.1, -0.05) is 24.6 Å². The summed E-state index contributed by atoms with van der Waals surface area (Å²) in [5.74, 6) is 1.16. The van der Waals surface area contributed by atoms with Gasteiger partial charge in [-0.05, 0) is 25.0 Å². The summed E-state index contributed by atoms with van der Waals surface area (Å²) in [6, 6.07) is 9.61. The highest BCUT2D eigenvalue weighted by Crippen LogP contribution is 2.27. The second-order valence-electron chi connectivity index (χ2n) is 3.69. The van der Waals surface area contributed by atoms with E-state index in [4.69, 9.17) is 4.18 Å². The van der Waals surface area contributed by atoms with E-state index < -0.39 is 0 Å². The highest BCUT2D eigenvalue weighted by molar-refractivity contribution is 7.96. The summed E-state index contributed by atoms with van der Waals surface area (Å²) in [5, 5.41) is 0.0407. The van der Waals surface area contributed by atoms with Gasteiger partial charge in [0, 0.05) is 6.42 Å². The Bertz CT molecular complexity index is 324. The Morgan fingerprint density at radius 1 is 1.20 bits per heavy atom. The number of benzene rings is 1. The summed E-state index contributed by atoms with van der Waals surface area (Å²) in [7, 11) is 0. The molecule has 2 nitrogen and oxygen atoms in total. The van der Waals surface area contributed by atoms with E-state index in [0.29, 0.717) is 5.78 Å². The van der Waals surface area contributed by atoms with Gasteiger partial charge in [0.2, 0.25) is 0 Å². The fourth-order valence-electron chi connectivity index (χ4n) is 1.64. The summed E-state index contributed by atoms with van der Waals surface area (Å²) >= 11 is 1.31. The van der Waals surface area contributed by atoms with Crippen LogP contribution in [0, 0.1) is 0 Å². The number of hydrogen-bond donors (Lipinski definition) is 0. The fraction of sp³-hybridized carbons (Fsp3) is 0.417. The van der Waals surface area contributed by atoms with E-state index in [1.807, 2.05) is 30.3 Å². The van der Waals surface area contributed by atoms with Gasteiger partial charge in [0.15, 0.2) is 0 Å². The molecule has 0 aromatic heterocycles. The van der Waals surface area contributed by atoms with Crippen LogP contribution >= 0.6 is 12.0 Å². The summed E-state index contributed by atoms with van der Waals surface area (Å²) < 4.78 is 5.51. The van der Waals surface area contributed by atoms with Crippen LogP contribution in [-0.4, -0.2) is 11.0 Å². The molecule has 1 fully saturated rings. The molecular weight excluding hydrogens is 208 g/mol. The molecule has 0 amide bonds. The number of carbonyl (C=O) groups is 1. The van der Waals surface area contributed by atoms with Crippen LogP contribution in [0.25, 0.3) is 0 Å². The molecule has 0 bridgehead atoms. The molecule has 1 aliphatic carbocycles. The van der Waals surface area contributed by atoms with Gasteiger partial charge in [-0.15, -0.1) is 0 Å².